The third kappa shape index (κ3) is 3.02. The van der Waals surface area contributed by atoms with E-state index >= 15 is 0 Å². The molecule has 132 valence electrons. The van der Waals surface area contributed by atoms with Crippen LogP contribution in [0.4, 0.5) is 0 Å². The van der Waals surface area contributed by atoms with Gasteiger partial charge in [-0.1, -0.05) is 54.9 Å². The molecule has 0 aliphatic heterocycles. The van der Waals surface area contributed by atoms with Crippen LogP contribution in [0.2, 0.25) is 5.02 Å². The predicted molar refractivity (Wildman–Crippen MR) is 110 cm³/mol. The van der Waals surface area contributed by atoms with Crippen LogP contribution in [0, 0.1) is 0 Å². The minimum absolute atomic E-state index is 0.0903. The van der Waals surface area contributed by atoms with Gasteiger partial charge in [-0.05, 0) is 36.8 Å². The molecule has 4 nitrogen and oxygen atoms in total. The van der Waals surface area contributed by atoms with Crippen molar-refractivity contribution in [1.82, 2.24) is 14.5 Å². The summed E-state index contributed by atoms with van der Waals surface area (Å²) in [5, 5.41) is 2.32. The summed E-state index contributed by atoms with van der Waals surface area (Å²) in [7, 11) is 0. The number of hydrogen-bond acceptors (Lipinski definition) is 3. The number of aromatic amines is 1. The summed E-state index contributed by atoms with van der Waals surface area (Å²) in [6.45, 7) is 2.16. The lowest BCUT2D eigenvalue weighted by molar-refractivity contribution is 0.813. The van der Waals surface area contributed by atoms with Crippen LogP contribution in [0.1, 0.15) is 19.8 Å². The lowest BCUT2D eigenvalue weighted by Crippen LogP contribution is -2.21. The molecule has 2 aromatic carbocycles. The number of para-hydroxylation sites is 1. The molecule has 6 heteroatoms. The number of nitrogens with one attached hydrogen (secondary N) is 1. The summed E-state index contributed by atoms with van der Waals surface area (Å²) in [6, 6.07) is 15.2. The highest BCUT2D eigenvalue weighted by molar-refractivity contribution is 7.99. The zero-order valence-electron chi connectivity index (χ0n) is 14.3. The highest BCUT2D eigenvalue weighted by Crippen LogP contribution is 2.27. The van der Waals surface area contributed by atoms with E-state index in [2.05, 4.69) is 11.9 Å². The van der Waals surface area contributed by atoms with Gasteiger partial charge >= 0.3 is 0 Å². The van der Waals surface area contributed by atoms with Crippen LogP contribution in [-0.4, -0.2) is 20.3 Å². The van der Waals surface area contributed by atoms with Gasteiger partial charge in [0.15, 0.2) is 5.16 Å². The largest absolute Gasteiger partial charge is 0.349 e. The zero-order valence-corrected chi connectivity index (χ0v) is 15.9. The molecule has 0 radical (unpaired) electrons. The third-order valence-electron chi connectivity index (χ3n) is 4.31. The Morgan fingerprint density at radius 3 is 2.69 bits per heavy atom. The number of thioether (sulfide) groups is 1. The molecule has 0 saturated heterocycles. The molecule has 4 rings (SSSR count). The van der Waals surface area contributed by atoms with Crippen molar-refractivity contribution in [2.45, 2.75) is 24.9 Å². The summed E-state index contributed by atoms with van der Waals surface area (Å²) >= 11 is 7.63. The molecular weight excluding hydrogens is 366 g/mol. The maximum Gasteiger partial charge on any atom is 0.283 e. The number of hydrogen-bond donors (Lipinski definition) is 1. The summed E-state index contributed by atoms with van der Waals surface area (Å²) in [5.41, 5.74) is 2.86. The fourth-order valence-electron chi connectivity index (χ4n) is 2.96. The number of nitrogens with zero attached hydrogens (tertiary/aromatic N) is 2. The number of halogens is 1. The van der Waals surface area contributed by atoms with Crippen molar-refractivity contribution in [3.63, 3.8) is 0 Å². The zero-order chi connectivity index (χ0) is 18.1. The average Bonchev–Trinajstić information content (AvgIpc) is 3.03. The van der Waals surface area contributed by atoms with Crippen molar-refractivity contribution in [2.24, 2.45) is 0 Å². The highest BCUT2D eigenvalue weighted by Gasteiger charge is 2.16. The standard InChI is InChI=1S/C20H18ClN3OS/c1-2-3-12-26-20-23-17-15-6-4-5-7-16(15)22-18(17)19(25)24(20)14-10-8-13(21)9-11-14/h4-11,22H,2-3,12H2,1H3. The molecule has 2 aromatic heterocycles. The Kier molecular flexibility index (Phi) is 4.74. The van der Waals surface area contributed by atoms with Gasteiger partial charge in [0.2, 0.25) is 0 Å². The fourth-order valence-corrected chi connectivity index (χ4v) is 4.18. The molecule has 0 fully saturated rings. The molecule has 0 atom stereocenters. The van der Waals surface area contributed by atoms with Crippen molar-refractivity contribution < 1.29 is 0 Å². The van der Waals surface area contributed by atoms with Crippen LogP contribution >= 0.6 is 23.4 Å². The van der Waals surface area contributed by atoms with Gasteiger partial charge in [-0.15, -0.1) is 0 Å². The molecule has 0 aliphatic rings. The molecule has 2 heterocycles. The van der Waals surface area contributed by atoms with Gasteiger partial charge in [0.25, 0.3) is 5.56 Å². The van der Waals surface area contributed by atoms with Crippen molar-refractivity contribution in [1.29, 1.82) is 0 Å². The normalized spacial score (nSPS) is 11.5. The van der Waals surface area contributed by atoms with Gasteiger partial charge in [-0.3, -0.25) is 9.36 Å². The van der Waals surface area contributed by atoms with Crippen molar-refractivity contribution in [3.05, 3.63) is 63.9 Å². The van der Waals surface area contributed by atoms with Crippen LogP contribution in [-0.2, 0) is 0 Å². The first-order valence-electron chi connectivity index (χ1n) is 8.61. The summed E-state index contributed by atoms with van der Waals surface area (Å²) < 4.78 is 1.67. The Labute approximate surface area is 160 Å². The summed E-state index contributed by atoms with van der Waals surface area (Å²) in [6.07, 6.45) is 2.18. The molecule has 26 heavy (non-hydrogen) atoms. The Morgan fingerprint density at radius 1 is 1.15 bits per heavy atom. The quantitative estimate of drug-likeness (QED) is 0.284. The minimum Gasteiger partial charge on any atom is -0.349 e. The minimum atomic E-state index is -0.0903. The van der Waals surface area contributed by atoms with Crippen molar-refractivity contribution in [2.75, 3.05) is 5.75 Å². The van der Waals surface area contributed by atoms with Gasteiger partial charge in [0, 0.05) is 21.7 Å². The SMILES string of the molecule is CCCCSc1nc2c([nH]c3ccccc32)c(=O)n1-c1ccc(Cl)cc1. The molecule has 0 amide bonds. The van der Waals surface area contributed by atoms with Gasteiger partial charge < -0.3 is 4.98 Å². The smallest absolute Gasteiger partial charge is 0.283 e. The average molecular weight is 384 g/mol. The number of fused-ring (bicyclic) bond motifs is 3. The lowest BCUT2D eigenvalue weighted by atomic mass is 10.2. The highest BCUT2D eigenvalue weighted by atomic mass is 35.5. The predicted octanol–water partition coefficient (Wildman–Crippen LogP) is 5.41. The summed E-state index contributed by atoms with van der Waals surface area (Å²) in [4.78, 5) is 21.4. The Bertz CT molecular complexity index is 1130. The maximum absolute atomic E-state index is 13.3. The van der Waals surface area contributed by atoms with E-state index in [9.17, 15) is 4.79 Å². The van der Waals surface area contributed by atoms with E-state index in [-0.39, 0.29) is 5.56 Å². The molecule has 4 aromatic rings. The van der Waals surface area contributed by atoms with Crippen molar-refractivity contribution >= 4 is 45.3 Å². The first-order valence-corrected chi connectivity index (χ1v) is 9.97. The molecule has 0 saturated carbocycles. The Morgan fingerprint density at radius 2 is 1.92 bits per heavy atom. The van der Waals surface area contributed by atoms with Crippen LogP contribution in [0.3, 0.4) is 0 Å². The van der Waals surface area contributed by atoms with Gasteiger partial charge in [0.05, 0.1) is 5.69 Å². The first-order chi connectivity index (χ1) is 12.7. The van der Waals surface area contributed by atoms with E-state index in [1.807, 2.05) is 36.4 Å². The second-order valence-electron chi connectivity index (χ2n) is 6.11. The first kappa shape index (κ1) is 17.2. The van der Waals surface area contributed by atoms with E-state index in [1.165, 1.54) is 0 Å². The number of benzene rings is 2. The van der Waals surface area contributed by atoms with E-state index in [1.54, 1.807) is 28.5 Å². The van der Waals surface area contributed by atoms with E-state index in [0.717, 1.165) is 40.7 Å². The Hall–Kier alpha value is -2.24. The monoisotopic (exact) mass is 383 g/mol. The van der Waals surface area contributed by atoms with Crippen molar-refractivity contribution in [3.8, 4) is 5.69 Å². The second kappa shape index (κ2) is 7.17. The molecule has 1 N–H and O–H groups in total. The molecule has 0 aliphatic carbocycles. The van der Waals surface area contributed by atoms with Gasteiger partial charge in [-0.25, -0.2) is 4.98 Å². The van der Waals surface area contributed by atoms with Crippen LogP contribution in [0.25, 0.3) is 27.6 Å². The molecule has 0 unspecified atom stereocenters. The van der Waals surface area contributed by atoms with Gasteiger partial charge in [0.1, 0.15) is 11.0 Å². The molecule has 0 bridgehead atoms. The number of rotatable bonds is 5. The topological polar surface area (TPSA) is 50.7 Å². The summed E-state index contributed by atoms with van der Waals surface area (Å²) in [5.74, 6) is 0.921. The number of aromatic nitrogens is 3. The van der Waals surface area contributed by atoms with E-state index in [0.29, 0.717) is 15.7 Å². The fraction of sp³-hybridized carbons (Fsp3) is 0.200. The van der Waals surface area contributed by atoms with Gasteiger partial charge in [-0.2, -0.15) is 0 Å². The Balaban J connectivity index is 1.99. The second-order valence-corrected chi connectivity index (χ2v) is 7.61. The van der Waals surface area contributed by atoms with Crippen LogP contribution in [0.15, 0.2) is 58.5 Å². The molecular formula is C20H18ClN3OS. The number of unbranched alkanes of at least 4 members (excludes halogenated alkanes) is 1. The lowest BCUT2D eigenvalue weighted by Gasteiger charge is -2.12. The van der Waals surface area contributed by atoms with Crippen LogP contribution < -0.4 is 5.56 Å². The van der Waals surface area contributed by atoms with E-state index < -0.39 is 0 Å². The molecule has 0 spiro atoms. The van der Waals surface area contributed by atoms with Crippen LogP contribution in [0.5, 0.6) is 0 Å². The van der Waals surface area contributed by atoms with E-state index in [4.69, 9.17) is 16.6 Å². The third-order valence-corrected chi connectivity index (χ3v) is 5.59. The number of H-pyrrole nitrogens is 1. The maximum atomic E-state index is 13.3.